The van der Waals surface area contributed by atoms with Gasteiger partial charge < -0.3 is 14.8 Å². The van der Waals surface area contributed by atoms with Crippen molar-refractivity contribution in [2.24, 2.45) is 0 Å². The van der Waals surface area contributed by atoms with Crippen LogP contribution in [0.4, 0.5) is 5.69 Å². The molecule has 0 amide bonds. The zero-order chi connectivity index (χ0) is 13.5. The van der Waals surface area contributed by atoms with E-state index in [9.17, 15) is 10.1 Å². The molecule has 104 valence electrons. The van der Waals surface area contributed by atoms with Gasteiger partial charge in [-0.2, -0.15) is 0 Å². The Morgan fingerprint density at radius 3 is 2.95 bits per heavy atom. The Balaban J connectivity index is 1.74. The first-order chi connectivity index (χ1) is 9.27. The second-order valence-corrected chi connectivity index (χ2v) is 4.41. The van der Waals surface area contributed by atoms with Crippen LogP contribution < -0.4 is 5.32 Å². The molecule has 6 nitrogen and oxygen atoms in total. The molecule has 0 saturated carbocycles. The Bertz CT molecular complexity index is 419. The molecule has 1 aromatic rings. The van der Waals surface area contributed by atoms with E-state index in [1.165, 1.54) is 6.07 Å². The van der Waals surface area contributed by atoms with Crippen molar-refractivity contribution in [1.29, 1.82) is 0 Å². The molecule has 0 radical (unpaired) electrons. The quantitative estimate of drug-likeness (QED) is 0.475. The van der Waals surface area contributed by atoms with Gasteiger partial charge in [0.25, 0.3) is 5.69 Å². The number of nitrogens with zero attached hydrogens (tertiary/aromatic N) is 1. The fourth-order valence-corrected chi connectivity index (χ4v) is 2.04. The molecule has 0 aromatic heterocycles. The van der Waals surface area contributed by atoms with Gasteiger partial charge in [0.05, 0.1) is 30.8 Å². The molecule has 0 aliphatic carbocycles. The number of nitrogens with one attached hydrogen (secondary N) is 1. The summed E-state index contributed by atoms with van der Waals surface area (Å²) in [6.07, 6.45) is 0.713. The maximum Gasteiger partial charge on any atom is 0.272 e. The SMILES string of the molecule is O=[N+]([O-])c1ccccc1CCNCC1COCCO1. The lowest BCUT2D eigenvalue weighted by Gasteiger charge is -2.23. The largest absolute Gasteiger partial charge is 0.376 e. The molecule has 2 rings (SSSR count). The first-order valence-corrected chi connectivity index (χ1v) is 6.39. The van der Waals surface area contributed by atoms with Crippen molar-refractivity contribution in [1.82, 2.24) is 5.32 Å². The van der Waals surface area contributed by atoms with Crippen molar-refractivity contribution >= 4 is 5.69 Å². The Morgan fingerprint density at radius 1 is 1.37 bits per heavy atom. The molecule has 1 aliphatic rings. The number of nitro groups is 1. The molecule has 1 N–H and O–H groups in total. The third kappa shape index (κ3) is 4.27. The molecule has 6 heteroatoms. The molecule has 1 saturated heterocycles. The highest BCUT2D eigenvalue weighted by atomic mass is 16.6. The van der Waals surface area contributed by atoms with Gasteiger partial charge in [-0.3, -0.25) is 10.1 Å². The highest BCUT2D eigenvalue weighted by Gasteiger charge is 2.14. The average Bonchev–Trinajstić information content (AvgIpc) is 2.45. The predicted molar refractivity (Wildman–Crippen MR) is 70.2 cm³/mol. The molecule has 0 spiro atoms. The van der Waals surface area contributed by atoms with Gasteiger partial charge in [-0.15, -0.1) is 0 Å². The number of hydrogen-bond donors (Lipinski definition) is 1. The van der Waals surface area contributed by atoms with Gasteiger partial charge in [0.15, 0.2) is 0 Å². The van der Waals surface area contributed by atoms with Gasteiger partial charge in [-0.05, 0) is 13.0 Å². The summed E-state index contributed by atoms with van der Waals surface area (Å²) in [7, 11) is 0. The van der Waals surface area contributed by atoms with Crippen molar-refractivity contribution in [3.05, 3.63) is 39.9 Å². The molecular formula is C13H18N2O4. The normalized spacial score (nSPS) is 19.3. The topological polar surface area (TPSA) is 73.6 Å². The fraction of sp³-hybridized carbons (Fsp3) is 0.538. The van der Waals surface area contributed by atoms with Gasteiger partial charge in [-0.1, -0.05) is 18.2 Å². The number of ether oxygens (including phenoxy) is 2. The van der Waals surface area contributed by atoms with E-state index in [1.807, 2.05) is 6.07 Å². The average molecular weight is 266 g/mol. The summed E-state index contributed by atoms with van der Waals surface area (Å²) in [5, 5.41) is 14.1. The highest BCUT2D eigenvalue weighted by Crippen LogP contribution is 2.17. The minimum atomic E-state index is -0.340. The Kier molecular flexibility index (Phi) is 5.26. The van der Waals surface area contributed by atoms with Crippen LogP contribution in [0.15, 0.2) is 24.3 Å². The van der Waals surface area contributed by atoms with Crippen LogP contribution in [0, 0.1) is 10.1 Å². The maximum atomic E-state index is 10.9. The zero-order valence-corrected chi connectivity index (χ0v) is 10.7. The van der Waals surface area contributed by atoms with Crippen molar-refractivity contribution in [3.8, 4) is 0 Å². The summed E-state index contributed by atoms with van der Waals surface area (Å²) >= 11 is 0. The molecule has 19 heavy (non-hydrogen) atoms. The van der Waals surface area contributed by atoms with Crippen molar-refractivity contribution in [3.63, 3.8) is 0 Å². The molecule has 1 fully saturated rings. The first kappa shape index (κ1) is 13.9. The summed E-state index contributed by atoms with van der Waals surface area (Å²) < 4.78 is 10.8. The molecule has 0 bridgehead atoms. The number of benzene rings is 1. The van der Waals surface area contributed by atoms with Gasteiger partial charge in [0, 0.05) is 18.2 Å². The highest BCUT2D eigenvalue weighted by molar-refractivity contribution is 5.39. The first-order valence-electron chi connectivity index (χ1n) is 6.39. The van der Waals surface area contributed by atoms with Crippen LogP contribution >= 0.6 is 0 Å². The van der Waals surface area contributed by atoms with Crippen molar-refractivity contribution in [2.45, 2.75) is 12.5 Å². The maximum absolute atomic E-state index is 10.9. The van der Waals surface area contributed by atoms with Crippen LogP contribution in [0.1, 0.15) is 5.56 Å². The van der Waals surface area contributed by atoms with Crippen LogP contribution in [0.3, 0.4) is 0 Å². The van der Waals surface area contributed by atoms with E-state index in [0.29, 0.717) is 39.3 Å². The van der Waals surface area contributed by atoms with Crippen LogP contribution in [0.2, 0.25) is 0 Å². The van der Waals surface area contributed by atoms with E-state index in [0.717, 1.165) is 5.56 Å². The lowest BCUT2D eigenvalue weighted by Crippen LogP contribution is -2.38. The van der Waals surface area contributed by atoms with E-state index in [-0.39, 0.29) is 16.7 Å². The number of para-hydroxylation sites is 1. The number of rotatable bonds is 6. The molecule has 1 aromatic carbocycles. The molecular weight excluding hydrogens is 248 g/mol. The summed E-state index contributed by atoms with van der Waals surface area (Å²) in [6, 6.07) is 6.83. The van der Waals surface area contributed by atoms with Crippen molar-refractivity contribution < 1.29 is 14.4 Å². The third-order valence-electron chi connectivity index (χ3n) is 3.02. The Hall–Kier alpha value is -1.50. The molecule has 1 heterocycles. The predicted octanol–water partition coefficient (Wildman–Crippen LogP) is 1.14. The van der Waals surface area contributed by atoms with Crippen molar-refractivity contribution in [2.75, 3.05) is 32.9 Å². The van der Waals surface area contributed by atoms with E-state index in [1.54, 1.807) is 12.1 Å². The molecule has 1 unspecified atom stereocenters. The summed E-state index contributed by atoms with van der Waals surface area (Å²) in [5.41, 5.74) is 0.933. The van der Waals surface area contributed by atoms with Gasteiger partial charge >= 0.3 is 0 Å². The molecule has 1 atom stereocenters. The summed E-state index contributed by atoms with van der Waals surface area (Å²) in [5.74, 6) is 0. The van der Waals surface area contributed by atoms with Crippen LogP contribution in [0.25, 0.3) is 0 Å². The van der Waals surface area contributed by atoms with Gasteiger partial charge in [0.2, 0.25) is 0 Å². The Morgan fingerprint density at radius 2 is 2.21 bits per heavy atom. The van der Waals surface area contributed by atoms with E-state index in [2.05, 4.69) is 5.32 Å². The third-order valence-corrected chi connectivity index (χ3v) is 3.02. The zero-order valence-electron chi connectivity index (χ0n) is 10.7. The summed E-state index contributed by atoms with van der Waals surface area (Å²) in [4.78, 5) is 10.5. The lowest BCUT2D eigenvalue weighted by molar-refractivity contribution is -0.385. The standard InChI is InChI=1S/C13H18N2O4/c16-15(17)13-4-2-1-3-11(13)5-6-14-9-12-10-18-7-8-19-12/h1-4,12,14H,5-10H2. The van der Waals surface area contributed by atoms with Crippen LogP contribution in [-0.2, 0) is 15.9 Å². The number of nitro benzene ring substituents is 1. The number of hydrogen-bond acceptors (Lipinski definition) is 5. The Labute approximate surface area is 111 Å². The minimum Gasteiger partial charge on any atom is -0.376 e. The fourth-order valence-electron chi connectivity index (χ4n) is 2.04. The second-order valence-electron chi connectivity index (χ2n) is 4.41. The van der Waals surface area contributed by atoms with Crippen LogP contribution in [0.5, 0.6) is 0 Å². The van der Waals surface area contributed by atoms with E-state index >= 15 is 0 Å². The smallest absolute Gasteiger partial charge is 0.272 e. The van der Waals surface area contributed by atoms with Gasteiger partial charge in [0.1, 0.15) is 0 Å². The summed E-state index contributed by atoms with van der Waals surface area (Å²) in [6.45, 7) is 3.30. The monoisotopic (exact) mass is 266 g/mol. The minimum absolute atomic E-state index is 0.0829. The molecule has 1 aliphatic heterocycles. The van der Waals surface area contributed by atoms with E-state index in [4.69, 9.17) is 9.47 Å². The van der Waals surface area contributed by atoms with Crippen LogP contribution in [-0.4, -0.2) is 43.9 Å². The second kappa shape index (κ2) is 7.18. The van der Waals surface area contributed by atoms with E-state index < -0.39 is 0 Å². The van der Waals surface area contributed by atoms with Gasteiger partial charge in [-0.25, -0.2) is 0 Å². The lowest BCUT2D eigenvalue weighted by atomic mass is 10.1.